The van der Waals surface area contributed by atoms with Crippen molar-refractivity contribution >= 4 is 33.7 Å². The molecule has 0 aliphatic heterocycles. The molecule has 0 unspecified atom stereocenters. The molecule has 1 heterocycles. The zero-order chi connectivity index (χ0) is 18.5. The molecule has 0 aliphatic carbocycles. The summed E-state index contributed by atoms with van der Waals surface area (Å²) in [5.74, 6) is 0.505. The molecule has 3 rings (SSSR count). The molecule has 130 valence electrons. The number of hydrogen-bond donors (Lipinski definition) is 1. The molecule has 0 spiro atoms. The Bertz CT molecular complexity index is 997. The molecular formula is C18H12BrN3O4. The number of carbonyl (C=O) groups is 1. The predicted molar refractivity (Wildman–Crippen MR) is 100 cm³/mol. The first-order chi connectivity index (χ1) is 12.5. The molecule has 1 aromatic heterocycles. The molecule has 3 aromatic rings. The molecule has 0 saturated heterocycles. The Labute approximate surface area is 156 Å². The van der Waals surface area contributed by atoms with Crippen LogP contribution in [0.4, 0.5) is 5.69 Å². The minimum absolute atomic E-state index is 0.0187. The van der Waals surface area contributed by atoms with E-state index in [0.717, 1.165) is 0 Å². The summed E-state index contributed by atoms with van der Waals surface area (Å²) in [6, 6.07) is 16.4. The van der Waals surface area contributed by atoms with Crippen LogP contribution in [0.5, 0.6) is 0 Å². The summed E-state index contributed by atoms with van der Waals surface area (Å²) >= 11 is 3.30. The second-order valence-corrected chi connectivity index (χ2v) is 6.04. The van der Waals surface area contributed by atoms with Gasteiger partial charge in [0.1, 0.15) is 11.5 Å². The van der Waals surface area contributed by atoms with Crippen molar-refractivity contribution in [3.8, 4) is 11.3 Å². The number of amides is 1. The summed E-state index contributed by atoms with van der Waals surface area (Å²) in [5.41, 5.74) is 3.43. The Morgan fingerprint density at radius 2 is 1.96 bits per heavy atom. The molecule has 1 amide bonds. The first kappa shape index (κ1) is 17.6. The zero-order valence-electron chi connectivity index (χ0n) is 13.3. The standard InChI is InChI=1S/C18H12BrN3O4/c19-16-7-2-1-6-15(16)18(23)21-20-11-14-8-9-17(26-14)12-4-3-5-13(10-12)22(24)25/h1-11H,(H,21,23)/b20-11-. The molecule has 0 fully saturated rings. The summed E-state index contributed by atoms with van der Waals surface area (Å²) in [5, 5.41) is 14.7. The third kappa shape index (κ3) is 4.04. The summed E-state index contributed by atoms with van der Waals surface area (Å²) in [6.07, 6.45) is 1.36. The second kappa shape index (κ2) is 7.75. The van der Waals surface area contributed by atoms with Gasteiger partial charge in [-0.05, 0) is 40.2 Å². The molecule has 2 aromatic carbocycles. The molecule has 8 heteroatoms. The first-order valence-corrected chi connectivity index (χ1v) is 8.26. The smallest absolute Gasteiger partial charge is 0.272 e. The number of nitro groups is 1. The van der Waals surface area contributed by atoms with Crippen LogP contribution < -0.4 is 5.43 Å². The van der Waals surface area contributed by atoms with Gasteiger partial charge in [0.25, 0.3) is 11.6 Å². The monoisotopic (exact) mass is 413 g/mol. The molecule has 26 heavy (non-hydrogen) atoms. The summed E-state index contributed by atoms with van der Waals surface area (Å²) in [6.45, 7) is 0. The van der Waals surface area contributed by atoms with Gasteiger partial charge in [-0.25, -0.2) is 5.43 Å². The van der Waals surface area contributed by atoms with Crippen LogP contribution in [0.15, 0.2) is 74.7 Å². The molecule has 0 saturated carbocycles. The maximum absolute atomic E-state index is 12.0. The van der Waals surface area contributed by atoms with Gasteiger partial charge in [-0.15, -0.1) is 0 Å². The van der Waals surface area contributed by atoms with Crippen LogP contribution in [0.1, 0.15) is 16.1 Å². The van der Waals surface area contributed by atoms with Gasteiger partial charge in [0.2, 0.25) is 0 Å². The van der Waals surface area contributed by atoms with Gasteiger partial charge in [0.15, 0.2) is 0 Å². The largest absolute Gasteiger partial charge is 0.455 e. The highest BCUT2D eigenvalue weighted by molar-refractivity contribution is 9.10. The Morgan fingerprint density at radius 1 is 1.15 bits per heavy atom. The maximum atomic E-state index is 12.0. The predicted octanol–water partition coefficient (Wildman–Crippen LogP) is 4.38. The lowest BCUT2D eigenvalue weighted by Gasteiger charge is -2.01. The molecular weight excluding hydrogens is 402 g/mol. The van der Waals surface area contributed by atoms with E-state index in [1.54, 1.807) is 42.5 Å². The molecule has 0 atom stereocenters. The lowest BCUT2D eigenvalue weighted by Crippen LogP contribution is -2.17. The van der Waals surface area contributed by atoms with Gasteiger partial charge in [-0.2, -0.15) is 5.10 Å². The summed E-state index contributed by atoms with van der Waals surface area (Å²) in [4.78, 5) is 22.4. The van der Waals surface area contributed by atoms with Crippen LogP contribution in [0, 0.1) is 10.1 Å². The Kier molecular flexibility index (Phi) is 5.23. The van der Waals surface area contributed by atoms with Crippen LogP contribution in [0.25, 0.3) is 11.3 Å². The average molecular weight is 414 g/mol. The van der Waals surface area contributed by atoms with Crippen LogP contribution in [0.2, 0.25) is 0 Å². The van der Waals surface area contributed by atoms with E-state index in [1.165, 1.54) is 18.3 Å². The van der Waals surface area contributed by atoms with Gasteiger partial charge in [0.05, 0.1) is 16.7 Å². The van der Waals surface area contributed by atoms with Crippen molar-refractivity contribution in [3.63, 3.8) is 0 Å². The SMILES string of the molecule is O=C(N/N=C\c1ccc(-c2cccc([N+](=O)[O-])c2)o1)c1ccccc1Br. The average Bonchev–Trinajstić information content (AvgIpc) is 3.11. The fraction of sp³-hybridized carbons (Fsp3) is 0. The number of hydrazone groups is 1. The van der Waals surface area contributed by atoms with Crippen molar-refractivity contribution in [3.05, 3.63) is 86.6 Å². The van der Waals surface area contributed by atoms with Crippen LogP contribution in [-0.4, -0.2) is 17.0 Å². The fourth-order valence-electron chi connectivity index (χ4n) is 2.21. The van der Waals surface area contributed by atoms with E-state index in [1.807, 2.05) is 6.07 Å². The van der Waals surface area contributed by atoms with Gasteiger partial charge in [-0.3, -0.25) is 14.9 Å². The van der Waals surface area contributed by atoms with Crippen molar-refractivity contribution in [2.45, 2.75) is 0 Å². The number of non-ortho nitro benzene ring substituents is 1. The van der Waals surface area contributed by atoms with Crippen molar-refractivity contribution in [2.24, 2.45) is 5.10 Å². The van der Waals surface area contributed by atoms with Crippen molar-refractivity contribution in [1.82, 2.24) is 5.43 Å². The van der Waals surface area contributed by atoms with Crippen LogP contribution in [-0.2, 0) is 0 Å². The third-order valence-electron chi connectivity index (χ3n) is 3.44. The van der Waals surface area contributed by atoms with Gasteiger partial charge < -0.3 is 4.42 Å². The van der Waals surface area contributed by atoms with E-state index >= 15 is 0 Å². The normalized spacial score (nSPS) is 10.8. The lowest BCUT2D eigenvalue weighted by atomic mass is 10.1. The van der Waals surface area contributed by atoms with Gasteiger partial charge >= 0.3 is 0 Å². The minimum atomic E-state index is -0.466. The summed E-state index contributed by atoms with van der Waals surface area (Å²) < 4.78 is 6.25. The van der Waals surface area contributed by atoms with Crippen molar-refractivity contribution in [2.75, 3.05) is 0 Å². The quantitative estimate of drug-likeness (QED) is 0.381. The number of furan rings is 1. The van der Waals surface area contributed by atoms with Crippen LogP contribution >= 0.6 is 15.9 Å². The number of carbonyl (C=O) groups excluding carboxylic acids is 1. The number of benzene rings is 2. The van der Waals surface area contributed by atoms with E-state index < -0.39 is 4.92 Å². The number of rotatable bonds is 5. The second-order valence-electron chi connectivity index (χ2n) is 5.19. The highest BCUT2D eigenvalue weighted by atomic mass is 79.9. The maximum Gasteiger partial charge on any atom is 0.272 e. The molecule has 0 bridgehead atoms. The molecule has 0 aliphatic rings. The minimum Gasteiger partial charge on any atom is -0.455 e. The highest BCUT2D eigenvalue weighted by Gasteiger charge is 2.10. The van der Waals surface area contributed by atoms with Crippen molar-refractivity contribution in [1.29, 1.82) is 0 Å². The number of halogens is 1. The number of nitro benzene ring substituents is 1. The van der Waals surface area contributed by atoms with E-state index in [4.69, 9.17) is 4.42 Å². The molecule has 0 radical (unpaired) electrons. The lowest BCUT2D eigenvalue weighted by molar-refractivity contribution is -0.384. The van der Waals surface area contributed by atoms with E-state index in [2.05, 4.69) is 26.5 Å². The number of hydrogen-bond acceptors (Lipinski definition) is 5. The first-order valence-electron chi connectivity index (χ1n) is 7.47. The van der Waals surface area contributed by atoms with Gasteiger partial charge in [0, 0.05) is 22.2 Å². The van der Waals surface area contributed by atoms with E-state index in [0.29, 0.717) is 27.1 Å². The third-order valence-corrected chi connectivity index (χ3v) is 4.14. The highest BCUT2D eigenvalue weighted by Crippen LogP contribution is 2.25. The van der Waals surface area contributed by atoms with Crippen molar-refractivity contribution < 1.29 is 14.1 Å². The summed E-state index contributed by atoms with van der Waals surface area (Å²) in [7, 11) is 0. The van der Waals surface area contributed by atoms with E-state index in [-0.39, 0.29) is 11.6 Å². The van der Waals surface area contributed by atoms with E-state index in [9.17, 15) is 14.9 Å². The number of nitrogens with zero attached hydrogens (tertiary/aromatic N) is 2. The van der Waals surface area contributed by atoms with Gasteiger partial charge in [-0.1, -0.05) is 24.3 Å². The number of nitrogens with one attached hydrogen (secondary N) is 1. The molecule has 7 nitrogen and oxygen atoms in total. The van der Waals surface area contributed by atoms with Crippen LogP contribution in [0.3, 0.4) is 0 Å². The molecule has 1 N–H and O–H groups in total. The fourth-order valence-corrected chi connectivity index (χ4v) is 2.68. The zero-order valence-corrected chi connectivity index (χ0v) is 14.8. The Balaban J connectivity index is 1.70. The topological polar surface area (TPSA) is 97.7 Å². The Morgan fingerprint density at radius 3 is 2.73 bits per heavy atom. The Hall–Kier alpha value is -3.26.